The summed E-state index contributed by atoms with van der Waals surface area (Å²) >= 11 is 0. The van der Waals surface area contributed by atoms with Crippen molar-refractivity contribution in [1.29, 1.82) is 0 Å². The molecule has 1 amide bonds. The van der Waals surface area contributed by atoms with Gasteiger partial charge in [0.2, 0.25) is 5.91 Å². The zero-order valence-electron chi connectivity index (χ0n) is 11.8. The van der Waals surface area contributed by atoms with E-state index in [2.05, 4.69) is 5.32 Å². The maximum Gasteiger partial charge on any atom is 0.224 e. The van der Waals surface area contributed by atoms with Gasteiger partial charge < -0.3 is 15.8 Å². The highest BCUT2D eigenvalue weighted by Crippen LogP contribution is 2.11. The Labute approximate surface area is 115 Å². The fourth-order valence-electron chi connectivity index (χ4n) is 1.90. The van der Waals surface area contributed by atoms with Crippen LogP contribution in [0.1, 0.15) is 24.5 Å². The molecule has 0 aliphatic rings. The molecule has 1 unspecified atom stereocenters. The second-order valence-electron chi connectivity index (χ2n) is 4.68. The van der Waals surface area contributed by atoms with Gasteiger partial charge in [0.25, 0.3) is 0 Å². The van der Waals surface area contributed by atoms with Crippen LogP contribution in [0.15, 0.2) is 24.3 Å². The molecule has 3 N–H and O–H groups in total. The van der Waals surface area contributed by atoms with Crippen molar-refractivity contribution in [3.63, 3.8) is 0 Å². The molecule has 0 fully saturated rings. The number of nitrogens with two attached hydrogens (primary N) is 1. The third-order valence-corrected chi connectivity index (χ3v) is 3.02. The number of ether oxygens (including phenoxy) is 1. The molecule has 1 aromatic rings. The summed E-state index contributed by atoms with van der Waals surface area (Å²) in [6.07, 6.45) is 1.62. The maximum absolute atomic E-state index is 11.9. The number of benzene rings is 1. The molecule has 0 spiro atoms. The number of rotatable bonds is 8. The van der Waals surface area contributed by atoms with Crippen molar-refractivity contribution in [2.24, 2.45) is 11.7 Å². The molecule has 19 heavy (non-hydrogen) atoms. The molecule has 1 rings (SSSR count). The SMILES string of the molecule is CCCNC(=O)C(CN)Cc1ccc(COC)cc1. The van der Waals surface area contributed by atoms with E-state index in [1.165, 1.54) is 0 Å². The highest BCUT2D eigenvalue weighted by molar-refractivity contribution is 5.79. The number of methoxy groups -OCH3 is 1. The molecule has 0 aliphatic carbocycles. The Morgan fingerprint density at radius 1 is 1.32 bits per heavy atom. The number of hydrogen-bond donors (Lipinski definition) is 2. The van der Waals surface area contributed by atoms with Crippen LogP contribution in [-0.2, 0) is 22.6 Å². The summed E-state index contributed by atoms with van der Waals surface area (Å²) in [7, 11) is 1.68. The van der Waals surface area contributed by atoms with Crippen LogP contribution >= 0.6 is 0 Å². The molecule has 0 bridgehead atoms. The molecular formula is C15H24N2O2. The number of carbonyl (C=O) groups excluding carboxylic acids is 1. The molecule has 0 saturated carbocycles. The summed E-state index contributed by atoms with van der Waals surface area (Å²) in [5.41, 5.74) is 7.95. The van der Waals surface area contributed by atoms with Gasteiger partial charge >= 0.3 is 0 Å². The molecular weight excluding hydrogens is 240 g/mol. The number of nitrogens with one attached hydrogen (secondary N) is 1. The van der Waals surface area contributed by atoms with E-state index in [9.17, 15) is 4.79 Å². The summed E-state index contributed by atoms with van der Waals surface area (Å²) in [6.45, 7) is 3.72. The van der Waals surface area contributed by atoms with Crippen LogP contribution in [0.25, 0.3) is 0 Å². The summed E-state index contributed by atoms with van der Waals surface area (Å²) < 4.78 is 5.07. The van der Waals surface area contributed by atoms with Gasteiger partial charge in [0, 0.05) is 20.2 Å². The lowest BCUT2D eigenvalue weighted by Crippen LogP contribution is -2.36. The molecule has 0 radical (unpaired) electrons. The Morgan fingerprint density at radius 2 is 1.95 bits per heavy atom. The van der Waals surface area contributed by atoms with Gasteiger partial charge in [-0.1, -0.05) is 31.2 Å². The zero-order valence-corrected chi connectivity index (χ0v) is 11.8. The molecule has 0 aliphatic heterocycles. The second kappa shape index (κ2) is 8.67. The molecule has 0 saturated heterocycles. The second-order valence-corrected chi connectivity index (χ2v) is 4.68. The van der Waals surface area contributed by atoms with Gasteiger partial charge in [0.05, 0.1) is 12.5 Å². The minimum Gasteiger partial charge on any atom is -0.380 e. The summed E-state index contributed by atoms with van der Waals surface area (Å²) in [5.74, 6) is -0.106. The van der Waals surface area contributed by atoms with E-state index in [1.54, 1.807) is 7.11 Å². The van der Waals surface area contributed by atoms with Crippen molar-refractivity contribution < 1.29 is 9.53 Å². The van der Waals surface area contributed by atoms with Crippen LogP contribution in [0.2, 0.25) is 0 Å². The molecule has 0 heterocycles. The average molecular weight is 264 g/mol. The summed E-state index contributed by atoms with van der Waals surface area (Å²) in [5, 5.41) is 2.90. The first-order valence-corrected chi connectivity index (χ1v) is 6.75. The van der Waals surface area contributed by atoms with E-state index in [1.807, 2.05) is 31.2 Å². The Balaban J connectivity index is 2.57. The largest absolute Gasteiger partial charge is 0.380 e. The Hall–Kier alpha value is -1.39. The first kappa shape index (κ1) is 15.7. The highest BCUT2D eigenvalue weighted by atomic mass is 16.5. The summed E-state index contributed by atoms with van der Waals surface area (Å²) in [6, 6.07) is 8.11. The van der Waals surface area contributed by atoms with Crippen LogP contribution in [0, 0.1) is 5.92 Å². The Bertz CT molecular complexity index is 376. The lowest BCUT2D eigenvalue weighted by atomic mass is 9.98. The van der Waals surface area contributed by atoms with Crippen LogP contribution in [0.5, 0.6) is 0 Å². The predicted molar refractivity (Wildman–Crippen MR) is 76.7 cm³/mol. The van der Waals surface area contributed by atoms with Gasteiger partial charge in [-0.05, 0) is 24.0 Å². The normalized spacial score (nSPS) is 12.2. The first-order valence-electron chi connectivity index (χ1n) is 6.75. The Morgan fingerprint density at radius 3 is 2.47 bits per heavy atom. The van der Waals surface area contributed by atoms with Gasteiger partial charge in [-0.25, -0.2) is 0 Å². The monoisotopic (exact) mass is 264 g/mol. The van der Waals surface area contributed by atoms with Crippen LogP contribution < -0.4 is 11.1 Å². The van der Waals surface area contributed by atoms with Gasteiger partial charge in [-0.15, -0.1) is 0 Å². The van der Waals surface area contributed by atoms with Crippen LogP contribution in [0.3, 0.4) is 0 Å². The van der Waals surface area contributed by atoms with E-state index in [0.717, 1.165) is 17.5 Å². The topological polar surface area (TPSA) is 64.4 Å². The first-order chi connectivity index (χ1) is 9.21. The average Bonchev–Trinajstić information content (AvgIpc) is 2.44. The van der Waals surface area contributed by atoms with Gasteiger partial charge in [0.15, 0.2) is 0 Å². The van der Waals surface area contributed by atoms with Gasteiger partial charge in [-0.3, -0.25) is 4.79 Å². The van der Waals surface area contributed by atoms with Crippen molar-refractivity contribution in [1.82, 2.24) is 5.32 Å². The number of carbonyl (C=O) groups is 1. The van der Waals surface area contributed by atoms with Crippen molar-refractivity contribution >= 4 is 5.91 Å². The molecule has 4 heteroatoms. The minimum absolute atomic E-state index is 0.0466. The molecule has 1 aromatic carbocycles. The zero-order chi connectivity index (χ0) is 14.1. The quantitative estimate of drug-likeness (QED) is 0.747. The highest BCUT2D eigenvalue weighted by Gasteiger charge is 2.16. The lowest BCUT2D eigenvalue weighted by Gasteiger charge is -2.15. The minimum atomic E-state index is -0.153. The number of amides is 1. The standard InChI is InChI=1S/C15H24N2O2/c1-3-8-17-15(18)14(10-16)9-12-4-6-13(7-5-12)11-19-2/h4-7,14H,3,8-11,16H2,1-2H3,(H,17,18). The third-order valence-electron chi connectivity index (χ3n) is 3.02. The van der Waals surface area contributed by atoms with Crippen molar-refractivity contribution in [2.75, 3.05) is 20.2 Å². The third kappa shape index (κ3) is 5.41. The lowest BCUT2D eigenvalue weighted by molar-refractivity contribution is -0.124. The number of hydrogen-bond acceptors (Lipinski definition) is 3. The van der Waals surface area contributed by atoms with E-state index < -0.39 is 0 Å². The van der Waals surface area contributed by atoms with Gasteiger partial charge in [-0.2, -0.15) is 0 Å². The molecule has 1 atom stereocenters. The predicted octanol–water partition coefficient (Wildman–Crippen LogP) is 1.48. The smallest absolute Gasteiger partial charge is 0.224 e. The fraction of sp³-hybridized carbons (Fsp3) is 0.533. The summed E-state index contributed by atoms with van der Waals surface area (Å²) in [4.78, 5) is 11.9. The van der Waals surface area contributed by atoms with Crippen molar-refractivity contribution in [3.8, 4) is 0 Å². The Kier molecular flexibility index (Phi) is 7.15. The van der Waals surface area contributed by atoms with Crippen LogP contribution in [0.4, 0.5) is 0 Å². The van der Waals surface area contributed by atoms with Crippen LogP contribution in [-0.4, -0.2) is 26.1 Å². The van der Waals surface area contributed by atoms with E-state index >= 15 is 0 Å². The molecule has 4 nitrogen and oxygen atoms in total. The van der Waals surface area contributed by atoms with E-state index in [4.69, 9.17) is 10.5 Å². The van der Waals surface area contributed by atoms with E-state index in [0.29, 0.717) is 26.1 Å². The van der Waals surface area contributed by atoms with Crippen molar-refractivity contribution in [2.45, 2.75) is 26.4 Å². The van der Waals surface area contributed by atoms with Gasteiger partial charge in [0.1, 0.15) is 0 Å². The molecule has 106 valence electrons. The fourth-order valence-corrected chi connectivity index (χ4v) is 1.90. The van der Waals surface area contributed by atoms with Crippen molar-refractivity contribution in [3.05, 3.63) is 35.4 Å². The maximum atomic E-state index is 11.9. The van der Waals surface area contributed by atoms with E-state index in [-0.39, 0.29) is 11.8 Å². The molecule has 0 aromatic heterocycles.